The second-order valence-electron chi connectivity index (χ2n) is 10.1. The lowest BCUT2D eigenvalue weighted by Crippen LogP contribution is -2.04. The molecule has 0 radical (unpaired) electrons. The lowest BCUT2D eigenvalue weighted by molar-refractivity contribution is 0.984. The maximum atomic E-state index is 5.23. The number of fused-ring (bicyclic) bond motifs is 3. The Balaban J connectivity index is 1.56. The molecule has 0 N–H and O–H groups in total. The third-order valence-corrected chi connectivity index (χ3v) is 10.1. The molecule has 0 saturated carbocycles. The van der Waals surface area contributed by atoms with Crippen molar-refractivity contribution >= 4 is 15.9 Å². The van der Waals surface area contributed by atoms with Crippen LogP contribution in [0.15, 0.2) is 115 Å². The average molecular weight is 524 g/mol. The summed E-state index contributed by atoms with van der Waals surface area (Å²) >= 11 is 0. The first-order chi connectivity index (χ1) is 18.7. The molecule has 1 aliphatic carbocycles. The summed E-state index contributed by atoms with van der Waals surface area (Å²) in [5, 5.41) is 1.37. The molecule has 0 bridgehead atoms. The molecule has 0 aliphatic heterocycles. The van der Waals surface area contributed by atoms with E-state index in [9.17, 15) is 0 Å². The Labute approximate surface area is 227 Å². The van der Waals surface area contributed by atoms with E-state index in [1.54, 1.807) is 0 Å². The van der Waals surface area contributed by atoms with Gasteiger partial charge in [0.15, 0.2) is 0 Å². The second-order valence-corrected chi connectivity index (χ2v) is 12.5. The Morgan fingerprint density at radius 1 is 0.579 bits per heavy atom. The van der Waals surface area contributed by atoms with Crippen molar-refractivity contribution in [3.05, 3.63) is 143 Å². The molecule has 7 rings (SSSR count). The first-order valence-corrected chi connectivity index (χ1v) is 15.7. The molecule has 6 aromatic rings. The first-order valence-electron chi connectivity index (χ1n) is 13.1. The van der Waals surface area contributed by atoms with E-state index in [-0.39, 0.29) is 5.92 Å². The van der Waals surface area contributed by atoms with Crippen molar-refractivity contribution in [3.8, 4) is 44.2 Å². The van der Waals surface area contributed by atoms with Gasteiger partial charge in [0.2, 0.25) is 0 Å². The van der Waals surface area contributed by atoms with Gasteiger partial charge in [-0.25, -0.2) is 4.75 Å². The number of benzene rings is 5. The molecule has 5 aromatic carbocycles. The van der Waals surface area contributed by atoms with Crippen LogP contribution >= 0.6 is 15.9 Å². The summed E-state index contributed by atoms with van der Waals surface area (Å²) in [6.07, 6.45) is 0. The SMILES string of the molecule is Cc1ccc(-c2ccc3c(c2-c2ccc(C)cc2)C(c2n[pH]pc2-c2ccccc2)c2ccccc2-3)cc1. The minimum Gasteiger partial charge on any atom is -0.239 e. The van der Waals surface area contributed by atoms with Gasteiger partial charge in [-0.05, 0) is 79.8 Å². The van der Waals surface area contributed by atoms with Crippen molar-refractivity contribution < 1.29 is 0 Å². The van der Waals surface area contributed by atoms with Crippen molar-refractivity contribution in [1.29, 1.82) is 0 Å². The molecule has 0 amide bonds. The maximum absolute atomic E-state index is 5.23. The fraction of sp³-hybridized carbons (Fsp3) is 0.0857. The zero-order valence-corrected chi connectivity index (χ0v) is 23.3. The van der Waals surface area contributed by atoms with Gasteiger partial charge in [0.05, 0.1) is 11.6 Å². The monoisotopic (exact) mass is 523 g/mol. The van der Waals surface area contributed by atoms with E-state index in [0.29, 0.717) is 8.03 Å². The highest BCUT2D eigenvalue weighted by Gasteiger charge is 2.36. The van der Waals surface area contributed by atoms with Gasteiger partial charge in [-0.3, -0.25) is 0 Å². The molecule has 3 heteroatoms. The number of rotatable bonds is 4. The van der Waals surface area contributed by atoms with E-state index >= 15 is 0 Å². The highest BCUT2D eigenvalue weighted by molar-refractivity contribution is 7.90. The lowest BCUT2D eigenvalue weighted by atomic mass is 9.82. The minimum atomic E-state index is 0.112. The molecule has 0 spiro atoms. The molecule has 38 heavy (non-hydrogen) atoms. The van der Waals surface area contributed by atoms with Crippen molar-refractivity contribution in [3.63, 3.8) is 0 Å². The molecule has 2 unspecified atom stereocenters. The molecule has 1 nitrogen and oxygen atoms in total. The first kappa shape index (κ1) is 23.4. The van der Waals surface area contributed by atoms with Gasteiger partial charge < -0.3 is 0 Å². The predicted molar refractivity (Wildman–Crippen MR) is 165 cm³/mol. The van der Waals surface area contributed by atoms with Crippen LogP contribution in [-0.2, 0) is 0 Å². The standard InChI is InChI=1S/C35H27NP2/c1-22-12-16-24(17-13-22)27-20-21-30-28-10-6-7-11-29(28)33(32(30)31(27)25-18-14-23(2)15-19-25)34-35(37-38-36-34)26-8-4-3-5-9-26/h3-21,33,38H,1-2H3. The topological polar surface area (TPSA) is 12.9 Å². The number of hydrogen-bond acceptors (Lipinski definition) is 1. The van der Waals surface area contributed by atoms with Gasteiger partial charge in [0.1, 0.15) is 0 Å². The summed E-state index contributed by atoms with van der Waals surface area (Å²) in [6, 6.07) is 42.5. The van der Waals surface area contributed by atoms with E-state index in [1.165, 1.54) is 80.1 Å². The summed E-state index contributed by atoms with van der Waals surface area (Å²) in [4.78, 5) is 0. The van der Waals surface area contributed by atoms with Crippen LogP contribution in [-0.4, -0.2) is 4.75 Å². The van der Waals surface area contributed by atoms with Crippen LogP contribution in [0.2, 0.25) is 0 Å². The smallest absolute Gasteiger partial charge is 0.0693 e. The minimum absolute atomic E-state index is 0.112. The fourth-order valence-electron chi connectivity index (χ4n) is 5.84. The Bertz CT molecular complexity index is 1760. The number of aryl methyl sites for hydroxylation is 2. The van der Waals surface area contributed by atoms with Gasteiger partial charge in [-0.2, -0.15) is 0 Å². The van der Waals surface area contributed by atoms with Gasteiger partial charge in [0.25, 0.3) is 0 Å². The number of aromatic nitrogens is 1. The highest BCUT2D eigenvalue weighted by Crippen LogP contribution is 2.56. The molecular formula is C35H27NP2. The third-order valence-electron chi connectivity index (χ3n) is 7.69. The van der Waals surface area contributed by atoms with Gasteiger partial charge in [0, 0.05) is 5.30 Å². The molecule has 1 heterocycles. The van der Waals surface area contributed by atoms with E-state index in [0.717, 1.165) is 0 Å². The highest BCUT2D eigenvalue weighted by atomic mass is 31.8. The Morgan fingerprint density at radius 3 is 1.95 bits per heavy atom. The van der Waals surface area contributed by atoms with Crippen molar-refractivity contribution in [1.82, 2.24) is 4.75 Å². The molecule has 0 fully saturated rings. The van der Waals surface area contributed by atoms with E-state index < -0.39 is 0 Å². The fourth-order valence-corrected chi connectivity index (χ4v) is 8.51. The van der Waals surface area contributed by atoms with E-state index in [2.05, 4.69) is 129 Å². The van der Waals surface area contributed by atoms with Crippen LogP contribution in [0.1, 0.15) is 33.9 Å². The van der Waals surface area contributed by atoms with Crippen LogP contribution in [0.5, 0.6) is 0 Å². The zero-order chi connectivity index (χ0) is 25.6. The summed E-state index contributed by atoms with van der Waals surface area (Å²) in [5.74, 6) is 0.112. The second kappa shape index (κ2) is 9.52. The van der Waals surface area contributed by atoms with Crippen LogP contribution in [0.25, 0.3) is 44.2 Å². The van der Waals surface area contributed by atoms with Crippen LogP contribution in [0.3, 0.4) is 0 Å². The molecule has 0 saturated heterocycles. The zero-order valence-electron chi connectivity index (χ0n) is 21.4. The lowest BCUT2D eigenvalue weighted by Gasteiger charge is -2.21. The summed E-state index contributed by atoms with van der Waals surface area (Å²) in [7, 11) is 1.86. The molecular weight excluding hydrogens is 496 g/mol. The molecule has 182 valence electrons. The Kier molecular flexibility index (Phi) is 5.85. The van der Waals surface area contributed by atoms with Crippen LogP contribution < -0.4 is 0 Å². The Morgan fingerprint density at radius 2 is 1.21 bits per heavy atom. The van der Waals surface area contributed by atoms with Gasteiger partial charge in [-0.15, -0.1) is 0 Å². The predicted octanol–water partition coefficient (Wildman–Crippen LogP) is 10.5. The quantitative estimate of drug-likeness (QED) is 0.224. The van der Waals surface area contributed by atoms with Gasteiger partial charge in [-0.1, -0.05) is 126 Å². The summed E-state index contributed by atoms with van der Waals surface area (Å²) < 4.78 is 5.23. The average Bonchev–Trinajstić information content (AvgIpc) is 3.57. The number of hydrogen-bond donors (Lipinski definition) is 0. The molecule has 1 aliphatic rings. The van der Waals surface area contributed by atoms with Crippen LogP contribution in [0.4, 0.5) is 0 Å². The molecule has 2 atom stereocenters. The summed E-state index contributed by atoms with van der Waals surface area (Å²) in [5.41, 5.74) is 15.6. The summed E-state index contributed by atoms with van der Waals surface area (Å²) in [6.45, 7) is 4.31. The largest absolute Gasteiger partial charge is 0.239 e. The van der Waals surface area contributed by atoms with Gasteiger partial charge >= 0.3 is 0 Å². The molecule has 1 aromatic heterocycles. The third kappa shape index (κ3) is 3.86. The van der Waals surface area contributed by atoms with E-state index in [1.807, 2.05) is 0 Å². The van der Waals surface area contributed by atoms with Crippen molar-refractivity contribution in [2.45, 2.75) is 19.8 Å². The maximum Gasteiger partial charge on any atom is 0.0693 e. The van der Waals surface area contributed by atoms with Crippen molar-refractivity contribution in [2.24, 2.45) is 0 Å². The van der Waals surface area contributed by atoms with Crippen LogP contribution in [0, 0.1) is 13.8 Å². The normalized spacial score (nSPS) is 14.2. The van der Waals surface area contributed by atoms with E-state index in [4.69, 9.17) is 4.75 Å². The number of nitrogens with zero attached hydrogens (tertiary/aromatic N) is 1. The van der Waals surface area contributed by atoms with Crippen molar-refractivity contribution in [2.75, 3.05) is 0 Å². The Hall–Kier alpha value is -3.76.